The van der Waals surface area contributed by atoms with Crippen molar-refractivity contribution in [3.8, 4) is 17.3 Å². The average Bonchev–Trinajstić information content (AvgIpc) is 3.56. The molecule has 1 N–H and O–H groups in total. The van der Waals surface area contributed by atoms with Gasteiger partial charge in [-0.1, -0.05) is 20.8 Å². The molecule has 4 aromatic rings. The number of carbonyl (C=O) groups is 1. The normalized spacial score (nSPS) is 16.5. The van der Waals surface area contributed by atoms with Crippen molar-refractivity contribution in [3.63, 3.8) is 0 Å². The zero-order valence-electron chi connectivity index (χ0n) is 22.0. The van der Waals surface area contributed by atoms with Crippen LogP contribution in [0.4, 0.5) is 0 Å². The summed E-state index contributed by atoms with van der Waals surface area (Å²) in [4.78, 5) is 21.9. The van der Waals surface area contributed by atoms with Crippen LogP contribution in [-0.4, -0.2) is 57.7 Å². The summed E-state index contributed by atoms with van der Waals surface area (Å²) in [6.07, 6.45) is 3.23. The minimum Gasteiger partial charge on any atom is -0.494 e. The minimum atomic E-state index is 0.0501. The number of nitrogens with zero attached hydrogens (tertiary/aromatic N) is 4. The second-order valence-electron chi connectivity index (χ2n) is 10.3. The molecular weight excluding hydrogens is 470 g/mol. The highest BCUT2D eigenvalue weighted by molar-refractivity contribution is 7.16. The van der Waals surface area contributed by atoms with Crippen LogP contribution < -0.4 is 10.1 Å². The molecule has 5 rings (SSSR count). The van der Waals surface area contributed by atoms with E-state index in [0.29, 0.717) is 23.3 Å². The highest BCUT2D eigenvalue weighted by Crippen LogP contribution is 2.36. The van der Waals surface area contributed by atoms with E-state index in [9.17, 15) is 4.79 Å². The van der Waals surface area contributed by atoms with Crippen molar-refractivity contribution in [2.75, 3.05) is 26.7 Å². The monoisotopic (exact) mass is 507 g/mol. The molecule has 7 nitrogen and oxygen atoms in total. The molecule has 0 bridgehead atoms. The molecule has 1 aromatic carbocycles. The van der Waals surface area contributed by atoms with E-state index in [1.165, 1.54) is 10.2 Å². The quantitative estimate of drug-likeness (QED) is 0.341. The predicted octanol–water partition coefficient (Wildman–Crippen LogP) is 5.53. The number of rotatable bonds is 8. The molecule has 192 valence electrons. The zero-order chi connectivity index (χ0) is 25.4. The number of fused-ring (bicyclic) bond motifs is 2. The van der Waals surface area contributed by atoms with Crippen molar-refractivity contribution in [2.24, 2.45) is 13.0 Å². The number of amides is 1. The first-order chi connectivity index (χ1) is 17.4. The maximum absolute atomic E-state index is 13.6. The molecule has 1 atom stereocenters. The minimum absolute atomic E-state index is 0.0501. The average molecular weight is 508 g/mol. The topological polar surface area (TPSA) is 64.3 Å². The molecule has 1 saturated heterocycles. The molecule has 0 spiro atoms. The van der Waals surface area contributed by atoms with E-state index in [2.05, 4.69) is 52.7 Å². The summed E-state index contributed by atoms with van der Waals surface area (Å²) in [5.74, 6) is 2.13. The Kier molecular flexibility index (Phi) is 7.08. The van der Waals surface area contributed by atoms with Gasteiger partial charge in [0.25, 0.3) is 5.91 Å². The van der Waals surface area contributed by atoms with Crippen LogP contribution in [0.25, 0.3) is 32.8 Å². The number of benzene rings is 1. The number of carbonyl (C=O) groups excluding carboxylic acids is 1. The summed E-state index contributed by atoms with van der Waals surface area (Å²) in [5, 5.41) is 6.96. The van der Waals surface area contributed by atoms with Gasteiger partial charge >= 0.3 is 0 Å². The molecule has 1 aliphatic rings. The Balaban J connectivity index is 1.54. The number of piperidine rings is 1. The van der Waals surface area contributed by atoms with Gasteiger partial charge in [0, 0.05) is 43.7 Å². The largest absolute Gasteiger partial charge is 0.494 e. The number of ether oxygens (including phenoxy) is 1. The molecule has 1 fully saturated rings. The van der Waals surface area contributed by atoms with Gasteiger partial charge < -0.3 is 24.1 Å². The van der Waals surface area contributed by atoms with Crippen LogP contribution in [0.1, 0.15) is 50.4 Å². The van der Waals surface area contributed by atoms with Crippen LogP contribution in [0.3, 0.4) is 0 Å². The summed E-state index contributed by atoms with van der Waals surface area (Å²) in [6.45, 7) is 10.1. The maximum atomic E-state index is 13.6. The zero-order valence-corrected chi connectivity index (χ0v) is 22.8. The molecule has 0 aliphatic carbocycles. The smallest absolute Gasteiger partial charge is 0.254 e. The third kappa shape index (κ3) is 4.52. The lowest BCUT2D eigenvalue weighted by molar-refractivity contribution is 0.0695. The van der Waals surface area contributed by atoms with Crippen molar-refractivity contribution < 1.29 is 9.53 Å². The van der Waals surface area contributed by atoms with E-state index in [4.69, 9.17) is 9.72 Å². The van der Waals surface area contributed by atoms with E-state index >= 15 is 0 Å². The Bertz CT molecular complexity index is 1380. The van der Waals surface area contributed by atoms with Crippen LogP contribution in [-0.2, 0) is 13.6 Å². The van der Waals surface area contributed by atoms with Crippen LogP contribution in [0.15, 0.2) is 29.6 Å². The molecule has 8 heteroatoms. The van der Waals surface area contributed by atoms with Gasteiger partial charge in [-0.2, -0.15) is 0 Å². The Morgan fingerprint density at radius 1 is 1.31 bits per heavy atom. The van der Waals surface area contributed by atoms with Gasteiger partial charge in [0.1, 0.15) is 16.1 Å². The fourth-order valence-corrected chi connectivity index (χ4v) is 6.29. The lowest BCUT2D eigenvalue weighted by Crippen LogP contribution is -2.48. The van der Waals surface area contributed by atoms with Crippen molar-refractivity contribution in [3.05, 3.63) is 35.2 Å². The standard InChI is InChI=1S/C28H37N5O2S/c1-6-10-29-21-8-7-11-32(17-21)27(34)20-13-22-25(24(15-20)35-5)31(4)26(30-22)23-14-19-9-12-36-28(19)33(23)16-18(2)3/h9,12-15,18,21,29H,6-8,10-11,16-17H2,1-5H3/t21-/m1/s1. The van der Waals surface area contributed by atoms with Crippen molar-refractivity contribution >= 4 is 38.5 Å². The third-order valence-electron chi connectivity index (χ3n) is 7.07. The first kappa shape index (κ1) is 24.8. The summed E-state index contributed by atoms with van der Waals surface area (Å²) in [6, 6.07) is 8.57. The molecule has 1 aliphatic heterocycles. The number of likely N-dealkylation sites (tertiary alicyclic amines) is 1. The SMILES string of the molecule is CCCN[C@@H]1CCCN(C(=O)c2cc(OC)c3c(c2)nc(-c2cc4ccsc4n2CC(C)C)n3C)C1. The van der Waals surface area contributed by atoms with Gasteiger partial charge in [0.05, 0.1) is 18.3 Å². The van der Waals surface area contributed by atoms with Gasteiger partial charge in [0.2, 0.25) is 0 Å². The summed E-state index contributed by atoms with van der Waals surface area (Å²) in [5.41, 5.74) is 3.43. The molecule has 0 saturated carbocycles. The third-order valence-corrected chi connectivity index (χ3v) is 8.02. The van der Waals surface area contributed by atoms with Gasteiger partial charge in [-0.3, -0.25) is 4.79 Å². The Morgan fingerprint density at radius 2 is 2.14 bits per heavy atom. The number of hydrogen-bond acceptors (Lipinski definition) is 5. The van der Waals surface area contributed by atoms with Crippen LogP contribution in [0, 0.1) is 5.92 Å². The summed E-state index contributed by atoms with van der Waals surface area (Å²) >= 11 is 1.76. The van der Waals surface area contributed by atoms with E-state index in [1.54, 1.807) is 18.4 Å². The molecule has 3 aromatic heterocycles. The summed E-state index contributed by atoms with van der Waals surface area (Å²) < 4.78 is 10.3. The molecule has 36 heavy (non-hydrogen) atoms. The molecule has 1 amide bonds. The van der Waals surface area contributed by atoms with Gasteiger partial charge in [-0.25, -0.2) is 4.98 Å². The first-order valence-electron chi connectivity index (χ1n) is 13.1. The fraction of sp³-hybridized carbons (Fsp3) is 0.500. The Hall–Kier alpha value is -2.84. The Morgan fingerprint density at radius 3 is 2.89 bits per heavy atom. The van der Waals surface area contributed by atoms with Gasteiger partial charge in [-0.05, 0) is 61.4 Å². The van der Waals surface area contributed by atoms with E-state index in [0.717, 1.165) is 68.0 Å². The Labute approximate surface area is 217 Å². The van der Waals surface area contributed by atoms with Crippen LogP contribution in [0.2, 0.25) is 0 Å². The highest BCUT2D eigenvalue weighted by atomic mass is 32.1. The number of imidazole rings is 1. The molecule has 0 radical (unpaired) electrons. The van der Waals surface area contributed by atoms with Gasteiger partial charge in [-0.15, -0.1) is 11.3 Å². The van der Waals surface area contributed by atoms with Crippen molar-refractivity contribution in [1.82, 2.24) is 24.3 Å². The van der Waals surface area contributed by atoms with Crippen LogP contribution >= 0.6 is 11.3 Å². The van der Waals surface area contributed by atoms with Crippen molar-refractivity contribution in [2.45, 2.75) is 52.6 Å². The fourth-order valence-electron chi connectivity index (χ4n) is 5.38. The molecule has 4 heterocycles. The van der Waals surface area contributed by atoms with Crippen molar-refractivity contribution in [1.29, 1.82) is 0 Å². The number of hydrogen-bond donors (Lipinski definition) is 1. The van der Waals surface area contributed by atoms with Gasteiger partial charge in [0.15, 0.2) is 5.82 Å². The first-order valence-corrected chi connectivity index (χ1v) is 13.9. The van der Waals surface area contributed by atoms with E-state index in [1.807, 2.05) is 24.1 Å². The van der Waals surface area contributed by atoms with E-state index in [-0.39, 0.29) is 5.91 Å². The number of methoxy groups -OCH3 is 1. The van der Waals surface area contributed by atoms with E-state index < -0.39 is 0 Å². The lowest BCUT2D eigenvalue weighted by atomic mass is 10.0. The molecular formula is C28H37N5O2S. The second kappa shape index (κ2) is 10.3. The van der Waals surface area contributed by atoms with Crippen LogP contribution in [0.5, 0.6) is 5.75 Å². The molecule has 0 unspecified atom stereocenters. The number of aromatic nitrogens is 3. The maximum Gasteiger partial charge on any atom is 0.254 e. The summed E-state index contributed by atoms with van der Waals surface area (Å²) in [7, 11) is 3.70. The number of aryl methyl sites for hydroxylation is 1. The number of thiophene rings is 1. The predicted molar refractivity (Wildman–Crippen MR) is 148 cm³/mol. The number of nitrogens with one attached hydrogen (secondary N) is 1. The second-order valence-corrected chi connectivity index (χ2v) is 11.2. The lowest BCUT2D eigenvalue weighted by Gasteiger charge is -2.33. The highest BCUT2D eigenvalue weighted by Gasteiger charge is 2.26.